The van der Waals surface area contributed by atoms with Gasteiger partial charge in [-0.1, -0.05) is 37.1 Å². The van der Waals surface area contributed by atoms with Crippen molar-refractivity contribution in [1.29, 1.82) is 0 Å². The van der Waals surface area contributed by atoms with E-state index >= 15 is 0 Å². The number of hydrogen-bond donors (Lipinski definition) is 0. The van der Waals surface area contributed by atoms with Crippen molar-refractivity contribution in [2.75, 3.05) is 6.54 Å². The van der Waals surface area contributed by atoms with Crippen LogP contribution in [0.1, 0.15) is 50.2 Å². The van der Waals surface area contributed by atoms with E-state index in [1.165, 1.54) is 36.8 Å². The Kier molecular flexibility index (Phi) is 5.00. The highest BCUT2D eigenvalue weighted by atomic mass is 16.2. The zero-order valence-corrected chi connectivity index (χ0v) is 12.2. The lowest BCUT2D eigenvalue weighted by molar-refractivity contribution is -0.132. The van der Waals surface area contributed by atoms with Crippen LogP contribution in [0.15, 0.2) is 24.3 Å². The highest BCUT2D eigenvalue weighted by Gasteiger charge is 2.21. The summed E-state index contributed by atoms with van der Waals surface area (Å²) in [5.74, 6) is 0.969. The van der Waals surface area contributed by atoms with E-state index in [1.54, 1.807) is 0 Å². The predicted molar refractivity (Wildman–Crippen MR) is 78.8 cm³/mol. The van der Waals surface area contributed by atoms with Crippen LogP contribution in [0.3, 0.4) is 0 Å². The molecule has 2 heteroatoms. The summed E-state index contributed by atoms with van der Waals surface area (Å²) in [7, 11) is 0. The minimum Gasteiger partial charge on any atom is -0.339 e. The van der Waals surface area contributed by atoms with Crippen LogP contribution in [0.25, 0.3) is 0 Å². The van der Waals surface area contributed by atoms with Crippen LogP contribution in [-0.2, 0) is 11.3 Å². The van der Waals surface area contributed by atoms with Gasteiger partial charge in [0.2, 0.25) is 5.91 Å². The number of nitrogens with zero attached hydrogens (tertiary/aromatic N) is 1. The first-order valence-corrected chi connectivity index (χ1v) is 7.53. The van der Waals surface area contributed by atoms with Crippen molar-refractivity contribution < 1.29 is 4.79 Å². The smallest absolute Gasteiger partial charge is 0.223 e. The molecule has 1 aromatic carbocycles. The molecule has 0 spiro atoms. The van der Waals surface area contributed by atoms with Crippen LogP contribution in [0, 0.1) is 12.8 Å². The average molecular weight is 259 g/mol. The van der Waals surface area contributed by atoms with Gasteiger partial charge in [0, 0.05) is 19.5 Å². The van der Waals surface area contributed by atoms with Crippen molar-refractivity contribution in [2.24, 2.45) is 5.92 Å². The third-order valence-corrected chi connectivity index (χ3v) is 4.29. The first-order valence-electron chi connectivity index (χ1n) is 7.53. The monoisotopic (exact) mass is 259 g/mol. The van der Waals surface area contributed by atoms with E-state index < -0.39 is 0 Å². The molecule has 2 nitrogen and oxygen atoms in total. The first kappa shape index (κ1) is 14.1. The number of hydrogen-bond acceptors (Lipinski definition) is 1. The van der Waals surface area contributed by atoms with Gasteiger partial charge in [-0.05, 0) is 43.7 Å². The van der Waals surface area contributed by atoms with Gasteiger partial charge in [-0.25, -0.2) is 0 Å². The number of rotatable bonds is 5. The molecule has 19 heavy (non-hydrogen) atoms. The first-order chi connectivity index (χ1) is 9.20. The van der Waals surface area contributed by atoms with Crippen LogP contribution < -0.4 is 0 Å². The Labute approximate surface area is 116 Å². The van der Waals surface area contributed by atoms with Crippen LogP contribution in [0.5, 0.6) is 0 Å². The van der Waals surface area contributed by atoms with Gasteiger partial charge in [0.15, 0.2) is 0 Å². The van der Waals surface area contributed by atoms with Crippen LogP contribution in [0.4, 0.5) is 0 Å². The number of amides is 1. The van der Waals surface area contributed by atoms with Crippen molar-refractivity contribution in [3.63, 3.8) is 0 Å². The molecule has 1 amide bonds. The summed E-state index contributed by atoms with van der Waals surface area (Å²) >= 11 is 0. The summed E-state index contributed by atoms with van der Waals surface area (Å²) in [6.07, 6.45) is 5.85. The Morgan fingerprint density at radius 1 is 1.26 bits per heavy atom. The van der Waals surface area contributed by atoms with E-state index in [9.17, 15) is 4.79 Å². The molecular formula is C17H25NO. The zero-order valence-electron chi connectivity index (χ0n) is 12.2. The molecule has 0 aliphatic heterocycles. The summed E-state index contributed by atoms with van der Waals surface area (Å²) < 4.78 is 0. The quantitative estimate of drug-likeness (QED) is 0.784. The Morgan fingerprint density at radius 2 is 1.95 bits per heavy atom. The van der Waals surface area contributed by atoms with Crippen molar-refractivity contribution >= 4 is 5.91 Å². The molecule has 1 aliphatic carbocycles. The molecule has 104 valence electrons. The Hall–Kier alpha value is -1.31. The minimum atomic E-state index is 0.331. The second-order valence-electron chi connectivity index (χ2n) is 5.69. The summed E-state index contributed by atoms with van der Waals surface area (Å²) in [5.41, 5.74) is 2.54. The van der Waals surface area contributed by atoms with E-state index in [1.807, 2.05) is 4.90 Å². The third-order valence-electron chi connectivity index (χ3n) is 4.29. The van der Waals surface area contributed by atoms with Gasteiger partial charge in [-0.15, -0.1) is 0 Å². The van der Waals surface area contributed by atoms with Crippen LogP contribution >= 0.6 is 0 Å². The van der Waals surface area contributed by atoms with Crippen molar-refractivity contribution in [3.8, 4) is 0 Å². The van der Waals surface area contributed by atoms with Crippen LogP contribution in [-0.4, -0.2) is 17.4 Å². The number of carbonyl (C=O) groups excluding carboxylic acids is 1. The maximum atomic E-state index is 12.4. The Bertz CT molecular complexity index is 421. The van der Waals surface area contributed by atoms with Gasteiger partial charge in [0.05, 0.1) is 0 Å². The molecule has 0 N–H and O–H groups in total. The summed E-state index contributed by atoms with van der Waals surface area (Å²) in [4.78, 5) is 14.4. The molecule has 0 aromatic heterocycles. The molecule has 0 heterocycles. The van der Waals surface area contributed by atoms with E-state index in [0.29, 0.717) is 11.8 Å². The van der Waals surface area contributed by atoms with E-state index in [0.717, 1.165) is 19.5 Å². The molecule has 2 rings (SSSR count). The van der Waals surface area contributed by atoms with E-state index in [4.69, 9.17) is 0 Å². The molecule has 1 aromatic rings. The molecule has 0 radical (unpaired) electrons. The predicted octanol–water partition coefficient (Wildman–Crippen LogP) is 3.92. The number of carbonyl (C=O) groups is 1. The summed E-state index contributed by atoms with van der Waals surface area (Å²) in [5, 5.41) is 0. The molecule has 1 fully saturated rings. The maximum Gasteiger partial charge on any atom is 0.223 e. The number of aryl methyl sites for hydroxylation is 1. The van der Waals surface area contributed by atoms with Crippen molar-refractivity contribution in [1.82, 2.24) is 4.90 Å². The lowest BCUT2D eigenvalue weighted by Crippen LogP contribution is -2.31. The van der Waals surface area contributed by atoms with Gasteiger partial charge >= 0.3 is 0 Å². The fourth-order valence-corrected chi connectivity index (χ4v) is 2.96. The Morgan fingerprint density at radius 3 is 2.58 bits per heavy atom. The molecular weight excluding hydrogens is 234 g/mol. The van der Waals surface area contributed by atoms with E-state index in [-0.39, 0.29) is 0 Å². The molecule has 0 saturated heterocycles. The minimum absolute atomic E-state index is 0.331. The summed E-state index contributed by atoms with van der Waals surface area (Å²) in [6.45, 7) is 5.75. The van der Waals surface area contributed by atoms with Gasteiger partial charge in [-0.2, -0.15) is 0 Å². The van der Waals surface area contributed by atoms with E-state index in [2.05, 4.69) is 38.1 Å². The zero-order chi connectivity index (χ0) is 13.7. The lowest BCUT2D eigenvalue weighted by atomic mass is 10.0. The molecule has 0 unspecified atom stereocenters. The standard InChI is InChI=1S/C17H25NO/c1-3-18(13-16-11-7-4-8-14(16)2)17(19)12-15-9-5-6-10-15/h4,7-8,11,15H,3,5-6,9-10,12-13H2,1-2H3. The fraction of sp³-hybridized carbons (Fsp3) is 0.588. The Balaban J connectivity index is 1.95. The highest BCUT2D eigenvalue weighted by molar-refractivity contribution is 5.76. The normalized spacial score (nSPS) is 15.7. The highest BCUT2D eigenvalue weighted by Crippen LogP contribution is 2.28. The van der Waals surface area contributed by atoms with Gasteiger partial charge in [0.25, 0.3) is 0 Å². The number of benzene rings is 1. The SMILES string of the molecule is CCN(Cc1ccccc1C)C(=O)CC1CCCC1. The van der Waals surface area contributed by atoms with Gasteiger partial charge < -0.3 is 4.90 Å². The van der Waals surface area contributed by atoms with Gasteiger partial charge in [0.1, 0.15) is 0 Å². The lowest BCUT2D eigenvalue weighted by Gasteiger charge is -2.23. The third kappa shape index (κ3) is 3.82. The molecule has 1 aliphatic rings. The van der Waals surface area contributed by atoms with Crippen molar-refractivity contribution in [2.45, 2.75) is 52.5 Å². The van der Waals surface area contributed by atoms with Crippen LogP contribution in [0.2, 0.25) is 0 Å². The van der Waals surface area contributed by atoms with Gasteiger partial charge in [-0.3, -0.25) is 4.79 Å². The second-order valence-corrected chi connectivity index (χ2v) is 5.69. The largest absolute Gasteiger partial charge is 0.339 e. The maximum absolute atomic E-state index is 12.4. The average Bonchev–Trinajstić information content (AvgIpc) is 2.90. The molecule has 0 bridgehead atoms. The second kappa shape index (κ2) is 6.74. The van der Waals surface area contributed by atoms with Crippen molar-refractivity contribution in [3.05, 3.63) is 35.4 Å². The summed E-state index contributed by atoms with van der Waals surface area (Å²) in [6, 6.07) is 8.35. The molecule has 1 saturated carbocycles. The molecule has 0 atom stereocenters. The topological polar surface area (TPSA) is 20.3 Å². The fourth-order valence-electron chi connectivity index (χ4n) is 2.96.